The molecular weight excluding hydrogens is 280 g/mol. The van der Waals surface area contributed by atoms with Crippen molar-refractivity contribution in [1.82, 2.24) is 9.97 Å². The Morgan fingerprint density at radius 1 is 1.35 bits per heavy atom. The molecule has 1 heterocycles. The quantitative estimate of drug-likeness (QED) is 0.882. The molecule has 0 bridgehead atoms. The van der Waals surface area contributed by atoms with E-state index in [4.69, 9.17) is 22.1 Å². The van der Waals surface area contributed by atoms with Crippen LogP contribution < -0.4 is 15.4 Å². The molecule has 0 saturated heterocycles. The van der Waals surface area contributed by atoms with E-state index in [1.807, 2.05) is 0 Å². The molecule has 0 atom stereocenters. The SMILES string of the molecule is COc1cccc(N(C(N)=O)c2nc(C)cc(Cl)n2)c1. The number of aromatic nitrogens is 2. The van der Waals surface area contributed by atoms with Gasteiger partial charge >= 0.3 is 6.03 Å². The molecule has 0 fully saturated rings. The molecule has 20 heavy (non-hydrogen) atoms. The highest BCUT2D eigenvalue weighted by Crippen LogP contribution is 2.26. The predicted octanol–water partition coefficient (Wildman–Crippen LogP) is 2.66. The van der Waals surface area contributed by atoms with E-state index in [-0.39, 0.29) is 11.1 Å². The lowest BCUT2D eigenvalue weighted by atomic mass is 10.3. The summed E-state index contributed by atoms with van der Waals surface area (Å²) in [7, 11) is 1.54. The number of ether oxygens (including phenoxy) is 1. The van der Waals surface area contributed by atoms with Crippen molar-refractivity contribution in [2.24, 2.45) is 5.73 Å². The lowest BCUT2D eigenvalue weighted by Crippen LogP contribution is -2.33. The number of hydrogen-bond acceptors (Lipinski definition) is 4. The van der Waals surface area contributed by atoms with E-state index in [1.54, 1.807) is 37.3 Å². The standard InChI is InChI=1S/C13H13ClN4O2/c1-8-6-11(14)17-13(16-8)18(12(15)19)9-4-3-5-10(7-9)20-2/h3-7H,1-2H3,(H2,15,19). The zero-order valence-electron chi connectivity index (χ0n) is 11.0. The molecule has 0 radical (unpaired) electrons. The van der Waals surface area contributed by atoms with Crippen LogP contribution in [0.1, 0.15) is 5.69 Å². The second-order valence-electron chi connectivity index (χ2n) is 4.01. The van der Waals surface area contributed by atoms with Gasteiger partial charge in [0.05, 0.1) is 12.8 Å². The maximum atomic E-state index is 11.7. The Balaban J connectivity index is 2.53. The molecule has 2 amide bonds. The minimum atomic E-state index is -0.708. The Kier molecular flexibility index (Phi) is 4.05. The molecular formula is C13H13ClN4O2. The average molecular weight is 293 g/mol. The van der Waals surface area contributed by atoms with Gasteiger partial charge < -0.3 is 10.5 Å². The number of primary amides is 1. The fourth-order valence-corrected chi connectivity index (χ4v) is 1.94. The number of methoxy groups -OCH3 is 1. The number of benzene rings is 1. The van der Waals surface area contributed by atoms with E-state index in [0.29, 0.717) is 17.1 Å². The van der Waals surface area contributed by atoms with Crippen LogP contribution >= 0.6 is 11.6 Å². The summed E-state index contributed by atoms with van der Waals surface area (Å²) in [6, 6.07) is 7.74. The van der Waals surface area contributed by atoms with Crippen LogP contribution in [0.2, 0.25) is 5.15 Å². The molecule has 0 aliphatic carbocycles. The molecule has 0 aliphatic heterocycles. The third-order valence-electron chi connectivity index (χ3n) is 2.54. The van der Waals surface area contributed by atoms with E-state index in [1.165, 1.54) is 12.0 Å². The first-order valence-corrected chi connectivity index (χ1v) is 6.14. The van der Waals surface area contributed by atoms with Crippen LogP contribution in [0.5, 0.6) is 5.75 Å². The number of urea groups is 1. The molecule has 0 saturated carbocycles. The largest absolute Gasteiger partial charge is 0.497 e. The van der Waals surface area contributed by atoms with E-state index in [2.05, 4.69) is 9.97 Å². The van der Waals surface area contributed by atoms with Crippen LogP contribution in [0.15, 0.2) is 30.3 Å². The molecule has 2 rings (SSSR count). The smallest absolute Gasteiger partial charge is 0.326 e. The van der Waals surface area contributed by atoms with Gasteiger partial charge in [-0.05, 0) is 25.1 Å². The Hall–Kier alpha value is -2.34. The number of carbonyl (C=O) groups excluding carboxylic acids is 1. The summed E-state index contributed by atoms with van der Waals surface area (Å²) in [5.74, 6) is 0.711. The molecule has 1 aromatic carbocycles. The summed E-state index contributed by atoms with van der Waals surface area (Å²) in [5, 5.41) is 0.238. The number of carbonyl (C=O) groups is 1. The third-order valence-corrected chi connectivity index (χ3v) is 2.74. The Bertz CT molecular complexity index is 628. The highest BCUT2D eigenvalue weighted by molar-refractivity contribution is 6.29. The van der Waals surface area contributed by atoms with Crippen LogP contribution in [-0.2, 0) is 0 Å². The lowest BCUT2D eigenvalue weighted by molar-refractivity contribution is 0.256. The van der Waals surface area contributed by atoms with Crippen LogP contribution in [0, 0.1) is 6.92 Å². The van der Waals surface area contributed by atoms with E-state index >= 15 is 0 Å². The first-order valence-electron chi connectivity index (χ1n) is 5.76. The van der Waals surface area contributed by atoms with Crippen LogP contribution in [0.3, 0.4) is 0 Å². The summed E-state index contributed by atoms with van der Waals surface area (Å²) in [4.78, 5) is 21.1. The van der Waals surface area contributed by atoms with Crippen molar-refractivity contribution in [2.75, 3.05) is 12.0 Å². The summed E-state index contributed by atoms with van der Waals surface area (Å²) < 4.78 is 5.12. The summed E-state index contributed by atoms with van der Waals surface area (Å²) in [6.45, 7) is 1.75. The third kappa shape index (κ3) is 2.97. The number of hydrogen-bond donors (Lipinski definition) is 1. The molecule has 0 spiro atoms. The highest BCUT2D eigenvalue weighted by atomic mass is 35.5. The predicted molar refractivity (Wildman–Crippen MR) is 76.5 cm³/mol. The molecule has 2 N–H and O–H groups in total. The van der Waals surface area contributed by atoms with Crippen LogP contribution in [0.4, 0.5) is 16.4 Å². The Morgan fingerprint density at radius 3 is 2.70 bits per heavy atom. The molecule has 7 heteroatoms. The normalized spacial score (nSPS) is 10.2. The van der Waals surface area contributed by atoms with E-state index in [0.717, 1.165) is 0 Å². The number of nitrogens with two attached hydrogens (primary N) is 1. The fraction of sp³-hybridized carbons (Fsp3) is 0.154. The number of rotatable bonds is 3. The first-order chi connectivity index (χ1) is 9.51. The topological polar surface area (TPSA) is 81.3 Å². The molecule has 6 nitrogen and oxygen atoms in total. The van der Waals surface area contributed by atoms with Gasteiger partial charge in [-0.25, -0.2) is 19.7 Å². The van der Waals surface area contributed by atoms with Gasteiger partial charge in [-0.15, -0.1) is 0 Å². The van der Waals surface area contributed by atoms with Crippen molar-refractivity contribution in [3.05, 3.63) is 41.2 Å². The van der Waals surface area contributed by atoms with Gasteiger partial charge in [-0.3, -0.25) is 0 Å². The number of amides is 2. The van der Waals surface area contributed by atoms with Gasteiger partial charge in [0.25, 0.3) is 0 Å². The van der Waals surface area contributed by atoms with Crippen molar-refractivity contribution >= 4 is 29.3 Å². The van der Waals surface area contributed by atoms with Gasteiger partial charge in [0.1, 0.15) is 10.9 Å². The van der Waals surface area contributed by atoms with Gasteiger partial charge in [0, 0.05) is 11.8 Å². The maximum absolute atomic E-state index is 11.7. The van der Waals surface area contributed by atoms with Gasteiger partial charge in [0.15, 0.2) is 0 Å². The van der Waals surface area contributed by atoms with Crippen molar-refractivity contribution in [2.45, 2.75) is 6.92 Å². The van der Waals surface area contributed by atoms with Crippen LogP contribution in [-0.4, -0.2) is 23.1 Å². The van der Waals surface area contributed by atoms with Crippen LogP contribution in [0.25, 0.3) is 0 Å². The number of nitrogens with zero attached hydrogens (tertiary/aromatic N) is 3. The fourth-order valence-electron chi connectivity index (χ4n) is 1.71. The highest BCUT2D eigenvalue weighted by Gasteiger charge is 2.19. The average Bonchev–Trinajstić information content (AvgIpc) is 2.37. The van der Waals surface area contributed by atoms with Gasteiger partial charge in [-0.2, -0.15) is 0 Å². The molecule has 1 aromatic heterocycles. The first kappa shape index (κ1) is 14.1. The second kappa shape index (κ2) is 5.75. The molecule has 0 aliphatic rings. The minimum Gasteiger partial charge on any atom is -0.497 e. The van der Waals surface area contributed by atoms with Crippen molar-refractivity contribution < 1.29 is 9.53 Å². The summed E-state index contributed by atoms with van der Waals surface area (Å²) in [5.41, 5.74) is 6.55. The maximum Gasteiger partial charge on any atom is 0.326 e. The molecule has 0 unspecified atom stereocenters. The number of aryl methyl sites for hydroxylation is 1. The second-order valence-corrected chi connectivity index (χ2v) is 4.39. The minimum absolute atomic E-state index is 0.121. The Labute approximate surface area is 121 Å². The lowest BCUT2D eigenvalue weighted by Gasteiger charge is -2.19. The Morgan fingerprint density at radius 2 is 2.10 bits per heavy atom. The zero-order chi connectivity index (χ0) is 14.7. The van der Waals surface area contributed by atoms with E-state index in [9.17, 15) is 4.79 Å². The van der Waals surface area contributed by atoms with Gasteiger partial charge in [-0.1, -0.05) is 17.7 Å². The van der Waals surface area contributed by atoms with Crippen molar-refractivity contribution in [3.63, 3.8) is 0 Å². The van der Waals surface area contributed by atoms with Crippen molar-refractivity contribution in [1.29, 1.82) is 0 Å². The molecule has 104 valence electrons. The zero-order valence-corrected chi connectivity index (χ0v) is 11.8. The van der Waals surface area contributed by atoms with Crippen molar-refractivity contribution in [3.8, 4) is 5.75 Å². The monoisotopic (exact) mass is 292 g/mol. The van der Waals surface area contributed by atoms with E-state index < -0.39 is 6.03 Å². The number of anilines is 2. The summed E-state index contributed by atoms with van der Waals surface area (Å²) in [6.07, 6.45) is 0. The molecule has 2 aromatic rings. The number of halogens is 1. The van der Waals surface area contributed by atoms with Gasteiger partial charge in [0.2, 0.25) is 5.95 Å². The summed E-state index contributed by atoms with van der Waals surface area (Å²) >= 11 is 5.89.